The van der Waals surface area contributed by atoms with Crippen molar-refractivity contribution in [3.05, 3.63) is 0 Å². The largest absolute Gasteiger partial charge is 0.597 e. The number of hydrogen-bond donors (Lipinski definition) is 1. The van der Waals surface area contributed by atoms with E-state index in [1.165, 1.54) is 4.90 Å². The average molecular weight is 316 g/mol. The third kappa shape index (κ3) is 3.32. The monoisotopic (exact) mass is 316 g/mol. The minimum absolute atomic E-state index is 0.154. The summed E-state index contributed by atoms with van der Waals surface area (Å²) in [5.41, 5.74) is 0.154. The molecule has 2 rings (SSSR count). The fourth-order valence-corrected chi connectivity index (χ4v) is 5.39. The smallest absolute Gasteiger partial charge is 0.407 e. The molecule has 1 saturated heterocycles. The molecule has 2 fully saturated rings. The zero-order valence-corrected chi connectivity index (χ0v) is 14.4. The maximum Gasteiger partial charge on any atom is 0.407 e. The van der Waals surface area contributed by atoms with Gasteiger partial charge in [-0.3, -0.25) is 0 Å². The lowest BCUT2D eigenvalue weighted by Gasteiger charge is -2.46. The van der Waals surface area contributed by atoms with Gasteiger partial charge in [0.15, 0.2) is 0 Å². The Morgan fingerprint density at radius 2 is 1.90 bits per heavy atom. The van der Waals surface area contributed by atoms with E-state index in [0.29, 0.717) is 19.1 Å². The van der Waals surface area contributed by atoms with Gasteiger partial charge < -0.3 is 14.6 Å². The number of carboxylic acid groups (broad SMARTS) is 1. The first-order valence-corrected chi connectivity index (χ1v) is 8.91. The van der Waals surface area contributed by atoms with E-state index in [4.69, 9.17) is 5.11 Å². The van der Waals surface area contributed by atoms with Crippen LogP contribution in [0.5, 0.6) is 0 Å². The standard InChI is InChI=1S/C15H28N2O3S/c1-14(2,3)21(20)16(4)12-6-5-7-15(12)8-10-17(11-9-15)13(18)19/h12H,5-11H2,1-4H3,(H,18,19)/t12-,21-/m1/s1. The zero-order chi connectivity index (χ0) is 15.8. The lowest BCUT2D eigenvalue weighted by Crippen LogP contribution is -2.54. The molecule has 1 N–H and O–H groups in total. The normalized spacial score (nSPS) is 27.3. The molecule has 0 aromatic carbocycles. The number of nitrogens with zero attached hydrogens (tertiary/aromatic N) is 2. The summed E-state index contributed by atoms with van der Waals surface area (Å²) in [7, 11) is 1.97. The Hall–Kier alpha value is -0.460. The van der Waals surface area contributed by atoms with E-state index in [-0.39, 0.29) is 10.2 Å². The maximum absolute atomic E-state index is 12.7. The molecule has 122 valence electrons. The predicted molar refractivity (Wildman–Crippen MR) is 84.6 cm³/mol. The van der Waals surface area contributed by atoms with Crippen LogP contribution in [0.4, 0.5) is 4.79 Å². The highest BCUT2D eigenvalue weighted by molar-refractivity contribution is 7.90. The summed E-state index contributed by atoms with van der Waals surface area (Å²) in [6.07, 6.45) is 4.35. The number of likely N-dealkylation sites (tertiary alicyclic amines) is 1. The van der Waals surface area contributed by atoms with E-state index in [9.17, 15) is 9.35 Å². The van der Waals surface area contributed by atoms with Crippen LogP contribution in [0.1, 0.15) is 52.9 Å². The van der Waals surface area contributed by atoms with Crippen molar-refractivity contribution >= 4 is 17.5 Å². The number of carbonyl (C=O) groups is 1. The van der Waals surface area contributed by atoms with Crippen molar-refractivity contribution in [1.29, 1.82) is 0 Å². The molecule has 0 radical (unpaired) electrons. The van der Waals surface area contributed by atoms with Gasteiger partial charge in [-0.2, -0.15) is 0 Å². The molecule has 1 amide bonds. The van der Waals surface area contributed by atoms with Gasteiger partial charge in [0.2, 0.25) is 0 Å². The SMILES string of the molecule is CN([C@@H]1CCCC12CCN(C(=O)O)CC2)[S@+]([O-])C(C)(C)C. The third-order valence-electron chi connectivity index (χ3n) is 5.11. The quantitative estimate of drug-likeness (QED) is 0.795. The van der Waals surface area contributed by atoms with Crippen LogP contribution in [0.25, 0.3) is 0 Å². The molecule has 1 aliphatic carbocycles. The van der Waals surface area contributed by atoms with Crippen molar-refractivity contribution in [2.24, 2.45) is 5.41 Å². The lowest BCUT2D eigenvalue weighted by molar-refractivity contribution is 0.0605. The molecule has 0 bridgehead atoms. The van der Waals surface area contributed by atoms with Gasteiger partial charge in [-0.05, 0) is 51.9 Å². The third-order valence-corrected chi connectivity index (χ3v) is 6.94. The molecule has 6 heteroatoms. The minimum atomic E-state index is -1.01. The van der Waals surface area contributed by atoms with Gasteiger partial charge >= 0.3 is 6.09 Å². The molecule has 1 aliphatic heterocycles. The van der Waals surface area contributed by atoms with E-state index in [1.807, 2.05) is 27.8 Å². The van der Waals surface area contributed by atoms with Crippen molar-refractivity contribution in [3.8, 4) is 0 Å². The summed E-state index contributed by atoms with van der Waals surface area (Å²) in [5, 5.41) is 9.11. The minimum Gasteiger partial charge on any atom is -0.597 e. The molecule has 21 heavy (non-hydrogen) atoms. The van der Waals surface area contributed by atoms with E-state index < -0.39 is 17.5 Å². The van der Waals surface area contributed by atoms with E-state index in [1.54, 1.807) is 0 Å². The predicted octanol–water partition coefficient (Wildman–Crippen LogP) is 2.69. The Morgan fingerprint density at radius 3 is 2.38 bits per heavy atom. The highest BCUT2D eigenvalue weighted by atomic mass is 32.2. The number of amides is 1. The molecule has 0 aromatic rings. The van der Waals surface area contributed by atoms with Crippen LogP contribution in [0.3, 0.4) is 0 Å². The van der Waals surface area contributed by atoms with Crippen LogP contribution >= 0.6 is 0 Å². The fraction of sp³-hybridized carbons (Fsp3) is 0.933. The Balaban J connectivity index is 2.09. The summed E-state index contributed by atoms with van der Waals surface area (Å²) in [6.45, 7) is 7.25. The van der Waals surface area contributed by atoms with Gasteiger partial charge in [0, 0.05) is 31.5 Å². The first kappa shape index (κ1) is 16.9. The van der Waals surface area contributed by atoms with Crippen LogP contribution in [0, 0.1) is 5.41 Å². The van der Waals surface area contributed by atoms with Gasteiger partial charge in [0.25, 0.3) is 0 Å². The summed E-state index contributed by atoms with van der Waals surface area (Å²) in [5.74, 6) is 0. The fourth-order valence-electron chi connectivity index (χ4n) is 3.96. The van der Waals surface area contributed by atoms with Gasteiger partial charge in [0.1, 0.15) is 4.75 Å². The molecule has 1 saturated carbocycles. The number of piperidine rings is 1. The first-order valence-electron chi connectivity index (χ1n) is 7.80. The molecular weight excluding hydrogens is 288 g/mol. The molecule has 2 aliphatic rings. The van der Waals surface area contributed by atoms with Crippen LogP contribution in [-0.4, -0.2) is 55.9 Å². The van der Waals surface area contributed by atoms with Crippen LogP contribution < -0.4 is 0 Å². The Labute approximate surface area is 131 Å². The highest BCUT2D eigenvalue weighted by Gasteiger charge is 2.51. The highest BCUT2D eigenvalue weighted by Crippen LogP contribution is 2.49. The summed E-state index contributed by atoms with van der Waals surface area (Å²) < 4.78 is 14.5. The van der Waals surface area contributed by atoms with Crippen LogP contribution in [-0.2, 0) is 11.4 Å². The van der Waals surface area contributed by atoms with Crippen molar-refractivity contribution in [1.82, 2.24) is 9.21 Å². The number of rotatable bonds is 2. The van der Waals surface area contributed by atoms with E-state index >= 15 is 0 Å². The Morgan fingerprint density at radius 1 is 1.33 bits per heavy atom. The second-order valence-corrected chi connectivity index (χ2v) is 9.75. The Kier molecular flexibility index (Phi) is 4.81. The summed E-state index contributed by atoms with van der Waals surface area (Å²) in [6, 6.07) is 0.313. The molecule has 1 spiro atoms. The van der Waals surface area contributed by atoms with Gasteiger partial charge in [-0.25, -0.2) is 4.79 Å². The topological polar surface area (TPSA) is 66.8 Å². The summed E-state index contributed by atoms with van der Waals surface area (Å²) >= 11 is -1.01. The van der Waals surface area contributed by atoms with E-state index in [0.717, 1.165) is 32.1 Å². The number of hydrogen-bond acceptors (Lipinski definition) is 3. The van der Waals surface area contributed by atoms with Gasteiger partial charge in [-0.1, -0.05) is 6.42 Å². The summed E-state index contributed by atoms with van der Waals surface area (Å²) in [4.78, 5) is 12.6. The second-order valence-electron chi connectivity index (χ2n) is 7.45. The van der Waals surface area contributed by atoms with Crippen molar-refractivity contribution in [2.45, 2.75) is 63.7 Å². The van der Waals surface area contributed by atoms with Crippen LogP contribution in [0.2, 0.25) is 0 Å². The molecule has 0 unspecified atom stereocenters. The van der Waals surface area contributed by atoms with Gasteiger partial charge in [0.05, 0.1) is 6.04 Å². The van der Waals surface area contributed by atoms with Crippen molar-refractivity contribution < 1.29 is 14.5 Å². The molecule has 2 atom stereocenters. The molecule has 1 heterocycles. The molecular formula is C15H28N2O3S. The van der Waals surface area contributed by atoms with Crippen LogP contribution in [0.15, 0.2) is 0 Å². The van der Waals surface area contributed by atoms with Crippen molar-refractivity contribution in [2.75, 3.05) is 20.1 Å². The van der Waals surface area contributed by atoms with Crippen molar-refractivity contribution in [3.63, 3.8) is 0 Å². The maximum atomic E-state index is 12.7. The Bertz CT molecular complexity index is 389. The lowest BCUT2D eigenvalue weighted by atomic mass is 9.74. The van der Waals surface area contributed by atoms with E-state index in [2.05, 4.69) is 4.31 Å². The first-order chi connectivity index (χ1) is 9.67. The second kappa shape index (κ2) is 5.97. The molecule has 0 aromatic heterocycles. The average Bonchev–Trinajstić information content (AvgIpc) is 2.80. The molecule has 5 nitrogen and oxygen atoms in total. The zero-order valence-electron chi connectivity index (χ0n) is 13.6. The van der Waals surface area contributed by atoms with Gasteiger partial charge in [-0.15, -0.1) is 4.31 Å².